The molecule has 1 aliphatic rings. The molecule has 0 aliphatic carbocycles. The molecule has 1 aromatic heterocycles. The molecule has 0 radical (unpaired) electrons. The standard InChI is InChI=1S/C12H22N4O2S2/c1-9-14-7-12(19-9)11(15-13)6-10-4-3-5-16(8-10)20(2,17)18/h7,10-11,15H,3-6,8,13H2,1-2H3. The van der Waals surface area contributed by atoms with E-state index in [-0.39, 0.29) is 6.04 Å². The molecule has 1 saturated heterocycles. The first-order valence-corrected chi connectivity index (χ1v) is 9.40. The Morgan fingerprint density at radius 1 is 1.65 bits per heavy atom. The van der Waals surface area contributed by atoms with Crippen molar-refractivity contribution < 1.29 is 8.42 Å². The van der Waals surface area contributed by atoms with Gasteiger partial charge in [0.2, 0.25) is 10.0 Å². The Bertz CT molecular complexity index is 543. The van der Waals surface area contributed by atoms with Gasteiger partial charge in [0.25, 0.3) is 0 Å². The molecule has 0 saturated carbocycles. The molecule has 2 rings (SSSR count). The van der Waals surface area contributed by atoms with Gasteiger partial charge in [-0.25, -0.2) is 17.7 Å². The molecule has 2 atom stereocenters. The Morgan fingerprint density at radius 3 is 2.95 bits per heavy atom. The van der Waals surface area contributed by atoms with Crippen LogP contribution in [0.3, 0.4) is 0 Å². The van der Waals surface area contributed by atoms with Crippen molar-refractivity contribution in [3.63, 3.8) is 0 Å². The van der Waals surface area contributed by atoms with Crippen LogP contribution in [-0.4, -0.2) is 37.1 Å². The number of nitrogens with zero attached hydrogens (tertiary/aromatic N) is 2. The molecule has 6 nitrogen and oxygen atoms in total. The first-order valence-electron chi connectivity index (χ1n) is 6.73. The molecule has 114 valence electrons. The third-order valence-corrected chi connectivity index (χ3v) is 6.00. The number of piperidine rings is 1. The van der Waals surface area contributed by atoms with Crippen LogP contribution >= 0.6 is 11.3 Å². The molecule has 2 heterocycles. The van der Waals surface area contributed by atoms with Crippen molar-refractivity contribution in [2.75, 3.05) is 19.3 Å². The van der Waals surface area contributed by atoms with Gasteiger partial charge in [-0.05, 0) is 32.1 Å². The summed E-state index contributed by atoms with van der Waals surface area (Å²) < 4.78 is 24.9. The van der Waals surface area contributed by atoms with Gasteiger partial charge in [-0.3, -0.25) is 11.3 Å². The summed E-state index contributed by atoms with van der Waals surface area (Å²) in [6.45, 7) is 3.19. The van der Waals surface area contributed by atoms with Gasteiger partial charge >= 0.3 is 0 Å². The van der Waals surface area contributed by atoms with E-state index in [2.05, 4.69) is 10.4 Å². The zero-order valence-electron chi connectivity index (χ0n) is 11.9. The van der Waals surface area contributed by atoms with Gasteiger partial charge in [-0.2, -0.15) is 0 Å². The van der Waals surface area contributed by atoms with Crippen molar-refractivity contribution in [1.29, 1.82) is 0 Å². The summed E-state index contributed by atoms with van der Waals surface area (Å²) >= 11 is 1.63. The number of rotatable bonds is 5. The van der Waals surface area contributed by atoms with Gasteiger partial charge < -0.3 is 0 Å². The number of aromatic nitrogens is 1. The van der Waals surface area contributed by atoms with Crippen LogP contribution < -0.4 is 11.3 Å². The highest BCUT2D eigenvalue weighted by Crippen LogP contribution is 2.30. The van der Waals surface area contributed by atoms with E-state index in [0.717, 1.165) is 29.1 Å². The number of sulfonamides is 1. The number of thiazole rings is 1. The van der Waals surface area contributed by atoms with Crippen LogP contribution in [0.25, 0.3) is 0 Å². The van der Waals surface area contributed by atoms with Crippen LogP contribution in [0, 0.1) is 12.8 Å². The average Bonchev–Trinajstić information content (AvgIpc) is 2.82. The van der Waals surface area contributed by atoms with Crippen molar-refractivity contribution in [2.45, 2.75) is 32.2 Å². The summed E-state index contributed by atoms with van der Waals surface area (Å²) in [6, 6.07) is 0.0470. The lowest BCUT2D eigenvalue weighted by Gasteiger charge is -2.32. The third-order valence-electron chi connectivity index (χ3n) is 3.70. The molecule has 0 amide bonds. The maximum absolute atomic E-state index is 11.6. The predicted octanol–water partition coefficient (Wildman–Crippen LogP) is 1.02. The van der Waals surface area contributed by atoms with Gasteiger partial charge in [0.05, 0.1) is 17.3 Å². The highest BCUT2D eigenvalue weighted by atomic mass is 32.2. The van der Waals surface area contributed by atoms with E-state index in [1.54, 1.807) is 15.6 Å². The molecule has 3 N–H and O–H groups in total. The molecule has 0 bridgehead atoms. The van der Waals surface area contributed by atoms with Gasteiger partial charge in [-0.1, -0.05) is 0 Å². The van der Waals surface area contributed by atoms with E-state index in [0.29, 0.717) is 19.0 Å². The summed E-state index contributed by atoms with van der Waals surface area (Å²) in [6.07, 6.45) is 5.92. The third kappa shape index (κ3) is 3.98. The number of nitrogens with one attached hydrogen (secondary N) is 1. The lowest BCUT2D eigenvalue weighted by Crippen LogP contribution is -2.40. The molecule has 0 aromatic carbocycles. The van der Waals surface area contributed by atoms with Crippen molar-refractivity contribution in [3.8, 4) is 0 Å². The smallest absolute Gasteiger partial charge is 0.211 e. The fourth-order valence-corrected chi connectivity index (χ4v) is 4.46. The second-order valence-corrected chi connectivity index (χ2v) is 8.61. The summed E-state index contributed by atoms with van der Waals surface area (Å²) in [5, 5.41) is 1.02. The Kier molecular flexibility index (Phi) is 5.14. The minimum absolute atomic E-state index is 0.0470. The average molecular weight is 318 g/mol. The first-order chi connectivity index (χ1) is 9.40. The lowest BCUT2D eigenvalue weighted by molar-refractivity contribution is 0.239. The Hall–Kier alpha value is -0.540. The van der Waals surface area contributed by atoms with E-state index in [1.165, 1.54) is 6.26 Å². The monoisotopic (exact) mass is 318 g/mol. The summed E-state index contributed by atoms with van der Waals surface area (Å²) in [5.41, 5.74) is 2.84. The largest absolute Gasteiger partial charge is 0.271 e. The van der Waals surface area contributed by atoms with Crippen molar-refractivity contribution in [3.05, 3.63) is 16.1 Å². The quantitative estimate of drug-likeness (QED) is 0.625. The number of nitrogens with two attached hydrogens (primary N) is 1. The molecule has 1 aliphatic heterocycles. The topological polar surface area (TPSA) is 88.3 Å². The van der Waals surface area contributed by atoms with Crippen molar-refractivity contribution in [2.24, 2.45) is 11.8 Å². The minimum Gasteiger partial charge on any atom is -0.271 e. The molecular formula is C12H22N4O2S2. The zero-order valence-corrected chi connectivity index (χ0v) is 13.5. The number of aryl methyl sites for hydroxylation is 1. The van der Waals surface area contributed by atoms with Gasteiger partial charge in [0.1, 0.15) is 0 Å². The maximum Gasteiger partial charge on any atom is 0.211 e. The fraction of sp³-hybridized carbons (Fsp3) is 0.750. The molecule has 20 heavy (non-hydrogen) atoms. The van der Waals surface area contributed by atoms with E-state index >= 15 is 0 Å². The van der Waals surface area contributed by atoms with Crippen molar-refractivity contribution in [1.82, 2.24) is 14.7 Å². The Labute approximate surface area is 124 Å². The number of hydrazine groups is 1. The second-order valence-electron chi connectivity index (χ2n) is 5.37. The summed E-state index contributed by atoms with van der Waals surface area (Å²) in [7, 11) is -3.09. The molecule has 1 aromatic rings. The van der Waals surface area contributed by atoms with Gasteiger partial charge in [-0.15, -0.1) is 11.3 Å². The fourth-order valence-electron chi connectivity index (χ4n) is 2.66. The van der Waals surface area contributed by atoms with Crippen molar-refractivity contribution >= 4 is 21.4 Å². The number of hydrogen-bond donors (Lipinski definition) is 2. The zero-order chi connectivity index (χ0) is 14.8. The van der Waals surface area contributed by atoms with Crippen LogP contribution in [0.15, 0.2) is 6.20 Å². The highest BCUT2D eigenvalue weighted by Gasteiger charge is 2.28. The second kappa shape index (κ2) is 6.48. The molecule has 2 unspecified atom stereocenters. The molecule has 1 fully saturated rings. The lowest BCUT2D eigenvalue weighted by atomic mass is 9.92. The van der Waals surface area contributed by atoms with Gasteiger partial charge in [0, 0.05) is 24.2 Å². The molecule has 0 spiro atoms. The van der Waals surface area contributed by atoms with Crippen LogP contribution in [0.2, 0.25) is 0 Å². The van der Waals surface area contributed by atoms with Crippen LogP contribution in [0.1, 0.15) is 35.2 Å². The van der Waals surface area contributed by atoms with Gasteiger partial charge in [0.15, 0.2) is 0 Å². The molecule has 8 heteroatoms. The van der Waals surface area contributed by atoms with Crippen LogP contribution in [-0.2, 0) is 10.0 Å². The van der Waals surface area contributed by atoms with Crippen LogP contribution in [0.5, 0.6) is 0 Å². The molecular weight excluding hydrogens is 296 g/mol. The van der Waals surface area contributed by atoms with E-state index in [4.69, 9.17) is 5.84 Å². The maximum atomic E-state index is 11.6. The number of hydrogen-bond acceptors (Lipinski definition) is 6. The predicted molar refractivity (Wildman–Crippen MR) is 80.7 cm³/mol. The SMILES string of the molecule is Cc1ncc(C(CC2CCCN(S(C)(=O)=O)C2)NN)s1. The minimum atomic E-state index is -3.09. The van der Waals surface area contributed by atoms with E-state index < -0.39 is 10.0 Å². The Morgan fingerprint density at radius 2 is 2.40 bits per heavy atom. The van der Waals surface area contributed by atoms with E-state index in [9.17, 15) is 8.42 Å². The summed E-state index contributed by atoms with van der Waals surface area (Å²) in [5.74, 6) is 5.98. The van der Waals surface area contributed by atoms with E-state index in [1.807, 2.05) is 13.1 Å². The highest BCUT2D eigenvalue weighted by molar-refractivity contribution is 7.88. The van der Waals surface area contributed by atoms with Crippen LogP contribution in [0.4, 0.5) is 0 Å². The Balaban J connectivity index is 2.01. The summed E-state index contributed by atoms with van der Waals surface area (Å²) in [4.78, 5) is 5.36. The normalized spacial score (nSPS) is 22.9. The first kappa shape index (κ1) is 15.8.